The van der Waals surface area contributed by atoms with E-state index in [1.807, 2.05) is 0 Å². The Bertz CT molecular complexity index is 3110. The highest BCUT2D eigenvalue weighted by Gasteiger charge is 2.43. The molecule has 0 unspecified atom stereocenters. The van der Waals surface area contributed by atoms with Crippen LogP contribution in [0.25, 0.3) is 66.1 Å². The second-order valence-electron chi connectivity index (χ2n) is 14.8. The molecule has 0 aliphatic heterocycles. The number of benzene rings is 9. The number of rotatable bonds is 7. The molecule has 2 nitrogen and oxygen atoms in total. The predicted octanol–water partition coefficient (Wildman–Crippen LogP) is 10.9. The first-order valence-electron chi connectivity index (χ1n) is 19.7. The SMILES string of the molecule is c1ccc(-c2ccc3c4cccc(-n5c6ccccc6c6cccc([Si](c7ccccc7)(c7ccccc7)c7ccccc7)c65)c4n(-c4ccccc4)c3c2)cc1. The van der Waals surface area contributed by atoms with Crippen molar-refractivity contribution in [2.75, 3.05) is 0 Å². The summed E-state index contributed by atoms with van der Waals surface area (Å²) >= 11 is 0. The second kappa shape index (κ2) is 13.5. The average molecular weight is 743 g/mol. The lowest BCUT2D eigenvalue weighted by atomic mass is 10.0. The minimum atomic E-state index is -2.94. The number of hydrogen-bond acceptors (Lipinski definition) is 0. The third kappa shape index (κ3) is 5.10. The van der Waals surface area contributed by atoms with Crippen LogP contribution in [0, 0.1) is 0 Å². The van der Waals surface area contributed by atoms with Gasteiger partial charge in [0.1, 0.15) is 0 Å². The summed E-state index contributed by atoms with van der Waals surface area (Å²) in [4.78, 5) is 0. The Hall–Kier alpha value is -7.20. The van der Waals surface area contributed by atoms with Crippen molar-refractivity contribution in [1.29, 1.82) is 0 Å². The van der Waals surface area contributed by atoms with E-state index in [4.69, 9.17) is 0 Å². The van der Waals surface area contributed by atoms with Crippen LogP contribution in [0.3, 0.4) is 0 Å². The van der Waals surface area contributed by atoms with Gasteiger partial charge in [-0.1, -0.05) is 200 Å². The highest BCUT2D eigenvalue weighted by Crippen LogP contribution is 2.40. The third-order valence-electron chi connectivity index (χ3n) is 11.8. The van der Waals surface area contributed by atoms with Crippen molar-refractivity contribution in [2.24, 2.45) is 0 Å². The van der Waals surface area contributed by atoms with Gasteiger partial charge < -0.3 is 9.13 Å². The zero-order valence-electron chi connectivity index (χ0n) is 31.3. The minimum absolute atomic E-state index is 1.14. The zero-order chi connectivity index (χ0) is 37.8. The Morgan fingerprint density at radius 3 is 1.42 bits per heavy atom. The summed E-state index contributed by atoms with van der Waals surface area (Å²) in [6.45, 7) is 0. The molecule has 11 rings (SSSR count). The van der Waals surface area contributed by atoms with Gasteiger partial charge in [-0.3, -0.25) is 0 Å². The van der Waals surface area contributed by atoms with E-state index in [2.05, 4.69) is 240 Å². The van der Waals surface area contributed by atoms with E-state index < -0.39 is 8.07 Å². The summed E-state index contributed by atoms with van der Waals surface area (Å²) in [5.74, 6) is 0. The molecule has 0 fully saturated rings. The zero-order valence-corrected chi connectivity index (χ0v) is 32.3. The van der Waals surface area contributed by atoms with E-state index >= 15 is 0 Å². The first-order valence-corrected chi connectivity index (χ1v) is 21.7. The van der Waals surface area contributed by atoms with Crippen LogP contribution in [0.1, 0.15) is 0 Å². The van der Waals surface area contributed by atoms with Crippen LogP contribution in [-0.4, -0.2) is 17.2 Å². The van der Waals surface area contributed by atoms with Crippen molar-refractivity contribution < 1.29 is 0 Å². The van der Waals surface area contributed by atoms with Gasteiger partial charge in [0.2, 0.25) is 0 Å². The molecule has 0 aliphatic rings. The van der Waals surface area contributed by atoms with Crippen LogP contribution < -0.4 is 20.7 Å². The summed E-state index contributed by atoms with van der Waals surface area (Å²) in [6.07, 6.45) is 0. The Balaban J connectivity index is 1.33. The standard InChI is InChI=1S/C54H38N2Si/c1-6-20-39(21-7-1)40-36-37-46-47-31-18-34-50(53(47)55(51(46)38-40)41-22-8-2-9-23-41)56-49-33-17-16-30-45(49)48-32-19-35-52(54(48)56)57(42-24-10-3-11-25-42,43-26-12-4-13-27-43)44-28-14-5-15-29-44/h1-38H. The maximum absolute atomic E-state index is 2.94. The van der Waals surface area contributed by atoms with Gasteiger partial charge in [-0.05, 0) is 62.2 Å². The van der Waals surface area contributed by atoms with Crippen LogP contribution in [0.15, 0.2) is 231 Å². The van der Waals surface area contributed by atoms with Crippen LogP contribution in [0.4, 0.5) is 0 Å². The lowest BCUT2D eigenvalue weighted by Gasteiger charge is -2.35. The molecule has 0 atom stereocenters. The molecule has 2 heterocycles. The molecule has 11 aromatic rings. The molecule has 0 aliphatic carbocycles. The maximum atomic E-state index is 2.59. The summed E-state index contributed by atoms with van der Waals surface area (Å²) in [7, 11) is -2.94. The Morgan fingerprint density at radius 2 is 0.789 bits per heavy atom. The molecule has 268 valence electrons. The normalized spacial score (nSPS) is 11.9. The number of fused-ring (bicyclic) bond motifs is 6. The van der Waals surface area contributed by atoms with Gasteiger partial charge in [0.15, 0.2) is 8.07 Å². The smallest absolute Gasteiger partial charge is 0.181 e. The van der Waals surface area contributed by atoms with Crippen molar-refractivity contribution in [3.05, 3.63) is 231 Å². The van der Waals surface area contributed by atoms with Crippen molar-refractivity contribution in [1.82, 2.24) is 9.13 Å². The Labute approximate surface area is 333 Å². The van der Waals surface area contributed by atoms with Crippen molar-refractivity contribution in [3.63, 3.8) is 0 Å². The number of nitrogens with zero attached hydrogens (tertiary/aromatic N) is 2. The quantitative estimate of drug-likeness (QED) is 0.114. The number of hydrogen-bond donors (Lipinski definition) is 0. The van der Waals surface area contributed by atoms with Gasteiger partial charge in [-0.15, -0.1) is 0 Å². The van der Waals surface area contributed by atoms with Gasteiger partial charge in [0.25, 0.3) is 0 Å². The van der Waals surface area contributed by atoms with Crippen LogP contribution in [0.5, 0.6) is 0 Å². The fraction of sp³-hybridized carbons (Fsp3) is 0. The Kier molecular flexibility index (Phi) is 7.87. The van der Waals surface area contributed by atoms with Crippen molar-refractivity contribution in [2.45, 2.75) is 0 Å². The largest absolute Gasteiger partial charge is 0.307 e. The molecule has 3 heteroatoms. The molecule has 0 saturated heterocycles. The Morgan fingerprint density at radius 1 is 0.298 bits per heavy atom. The lowest BCUT2D eigenvalue weighted by molar-refractivity contribution is 1.13. The molecule has 2 aromatic heterocycles. The van der Waals surface area contributed by atoms with E-state index in [9.17, 15) is 0 Å². The number of para-hydroxylation sites is 4. The fourth-order valence-corrected chi connectivity index (χ4v) is 14.4. The van der Waals surface area contributed by atoms with Crippen LogP contribution in [0.2, 0.25) is 0 Å². The van der Waals surface area contributed by atoms with E-state index in [1.165, 1.54) is 75.5 Å². The molecule has 0 amide bonds. The van der Waals surface area contributed by atoms with E-state index in [1.54, 1.807) is 0 Å². The first-order chi connectivity index (χ1) is 28.3. The highest BCUT2D eigenvalue weighted by molar-refractivity contribution is 7.20. The molecule has 0 bridgehead atoms. The lowest BCUT2D eigenvalue weighted by Crippen LogP contribution is -2.75. The molecular weight excluding hydrogens is 705 g/mol. The van der Waals surface area contributed by atoms with Crippen LogP contribution in [-0.2, 0) is 0 Å². The first kappa shape index (κ1) is 33.2. The van der Waals surface area contributed by atoms with E-state index in [0.717, 1.165) is 11.4 Å². The average Bonchev–Trinajstić information content (AvgIpc) is 3.82. The molecule has 57 heavy (non-hydrogen) atoms. The van der Waals surface area contributed by atoms with Gasteiger partial charge in [0, 0.05) is 27.2 Å². The van der Waals surface area contributed by atoms with E-state index in [-0.39, 0.29) is 0 Å². The van der Waals surface area contributed by atoms with Crippen LogP contribution >= 0.6 is 0 Å². The van der Waals surface area contributed by atoms with Gasteiger partial charge in [0.05, 0.1) is 27.8 Å². The van der Waals surface area contributed by atoms with Gasteiger partial charge in [-0.25, -0.2) is 0 Å². The predicted molar refractivity (Wildman–Crippen MR) is 244 cm³/mol. The van der Waals surface area contributed by atoms with Gasteiger partial charge >= 0.3 is 0 Å². The highest BCUT2D eigenvalue weighted by atomic mass is 28.3. The second-order valence-corrected chi connectivity index (χ2v) is 18.6. The minimum Gasteiger partial charge on any atom is -0.307 e. The van der Waals surface area contributed by atoms with Crippen molar-refractivity contribution in [3.8, 4) is 22.5 Å². The van der Waals surface area contributed by atoms with E-state index in [0.29, 0.717) is 0 Å². The monoisotopic (exact) mass is 742 g/mol. The summed E-state index contributed by atoms with van der Waals surface area (Å²) in [5, 5.41) is 10.4. The third-order valence-corrected chi connectivity index (χ3v) is 16.7. The summed E-state index contributed by atoms with van der Waals surface area (Å²) in [5.41, 5.74) is 9.53. The molecule has 0 spiro atoms. The maximum Gasteiger partial charge on any atom is 0.181 e. The topological polar surface area (TPSA) is 9.86 Å². The van der Waals surface area contributed by atoms with Crippen molar-refractivity contribution >= 4 is 72.4 Å². The fourth-order valence-electron chi connectivity index (χ4n) is 9.49. The molecule has 0 N–H and O–H groups in total. The molecule has 0 saturated carbocycles. The molecular formula is C54H38N2Si. The summed E-state index contributed by atoms with van der Waals surface area (Å²) in [6, 6.07) is 85.3. The number of aromatic nitrogens is 2. The van der Waals surface area contributed by atoms with Gasteiger partial charge in [-0.2, -0.15) is 0 Å². The molecule has 0 radical (unpaired) electrons. The molecule has 9 aromatic carbocycles. The summed E-state index contributed by atoms with van der Waals surface area (Å²) < 4.78 is 5.08.